The van der Waals surface area contributed by atoms with E-state index in [1.54, 1.807) is 10.9 Å². The molecule has 0 fully saturated rings. The number of carbonyl (C=O) groups excluding carboxylic acids is 1. The van der Waals surface area contributed by atoms with Crippen molar-refractivity contribution in [2.45, 2.75) is 6.92 Å². The summed E-state index contributed by atoms with van der Waals surface area (Å²) in [5.41, 5.74) is 3.91. The number of aryl methyl sites for hydroxylation is 1. The van der Waals surface area contributed by atoms with Crippen LogP contribution in [0, 0.1) is 6.92 Å². The topological polar surface area (TPSA) is 42.0 Å². The summed E-state index contributed by atoms with van der Waals surface area (Å²) >= 11 is 4.77. The van der Waals surface area contributed by atoms with Crippen molar-refractivity contribution in [3.8, 4) is 0 Å². The van der Waals surface area contributed by atoms with Crippen LogP contribution in [0.1, 0.15) is 16.1 Å². The lowest BCUT2D eigenvalue weighted by molar-refractivity contribution is 0.102. The number of amides is 1. The van der Waals surface area contributed by atoms with Crippen LogP contribution in [0.3, 0.4) is 0 Å². The van der Waals surface area contributed by atoms with Crippen LogP contribution in [0.4, 0.5) is 5.69 Å². The zero-order valence-electron chi connectivity index (χ0n) is 8.53. The molecule has 82 valence electrons. The highest BCUT2D eigenvalue weighted by molar-refractivity contribution is 9.10. The summed E-state index contributed by atoms with van der Waals surface area (Å²) in [5.74, 6) is -0.178. The van der Waals surface area contributed by atoms with Crippen molar-refractivity contribution in [3.63, 3.8) is 0 Å². The second-order valence-electron chi connectivity index (χ2n) is 3.29. The maximum Gasteiger partial charge on any atom is 0.275 e. The van der Waals surface area contributed by atoms with Crippen LogP contribution >= 0.6 is 27.3 Å². The number of halogens is 1. The molecule has 3 nitrogen and oxygen atoms in total. The molecule has 16 heavy (non-hydrogen) atoms. The molecule has 0 atom stereocenters. The first-order valence-electron chi connectivity index (χ1n) is 4.62. The van der Waals surface area contributed by atoms with Crippen LogP contribution in [-0.2, 0) is 0 Å². The Morgan fingerprint density at radius 3 is 3.00 bits per heavy atom. The minimum Gasteiger partial charge on any atom is -0.320 e. The van der Waals surface area contributed by atoms with E-state index in [9.17, 15) is 4.79 Å². The first-order chi connectivity index (χ1) is 7.66. The minimum atomic E-state index is -0.178. The van der Waals surface area contributed by atoms with E-state index in [1.807, 2.05) is 25.1 Å². The van der Waals surface area contributed by atoms with Crippen LogP contribution < -0.4 is 5.32 Å². The SMILES string of the molecule is Cc1ccc(Br)cc1NC(=O)c1cscn1. The van der Waals surface area contributed by atoms with Gasteiger partial charge in [0.15, 0.2) is 0 Å². The van der Waals surface area contributed by atoms with Crippen LogP contribution in [0.25, 0.3) is 0 Å². The van der Waals surface area contributed by atoms with Gasteiger partial charge in [-0.05, 0) is 24.6 Å². The highest BCUT2D eigenvalue weighted by Crippen LogP contribution is 2.21. The normalized spacial score (nSPS) is 10.1. The van der Waals surface area contributed by atoms with Gasteiger partial charge in [-0.15, -0.1) is 11.3 Å². The average Bonchev–Trinajstić information content (AvgIpc) is 2.76. The molecule has 1 aromatic carbocycles. The molecular formula is C11H9BrN2OS. The fourth-order valence-corrected chi connectivity index (χ4v) is 2.13. The van der Waals surface area contributed by atoms with Gasteiger partial charge in [0.05, 0.1) is 5.51 Å². The zero-order valence-corrected chi connectivity index (χ0v) is 10.9. The third kappa shape index (κ3) is 2.48. The summed E-state index contributed by atoms with van der Waals surface area (Å²) in [6.07, 6.45) is 0. The summed E-state index contributed by atoms with van der Waals surface area (Å²) < 4.78 is 0.937. The van der Waals surface area contributed by atoms with Gasteiger partial charge in [-0.1, -0.05) is 22.0 Å². The molecule has 2 aromatic rings. The molecule has 1 heterocycles. The molecule has 0 aliphatic heterocycles. The third-order valence-electron chi connectivity index (χ3n) is 2.11. The molecule has 0 saturated carbocycles. The number of rotatable bonds is 2. The van der Waals surface area contributed by atoms with Crippen LogP contribution in [0.15, 0.2) is 33.6 Å². The second kappa shape index (κ2) is 4.76. The van der Waals surface area contributed by atoms with Gasteiger partial charge in [0.2, 0.25) is 0 Å². The summed E-state index contributed by atoms with van der Waals surface area (Å²) in [5, 5.41) is 4.55. The predicted octanol–water partition coefficient (Wildman–Crippen LogP) is 3.47. The summed E-state index contributed by atoms with van der Waals surface area (Å²) in [7, 11) is 0. The van der Waals surface area contributed by atoms with E-state index < -0.39 is 0 Å². The lowest BCUT2D eigenvalue weighted by atomic mass is 10.2. The van der Waals surface area contributed by atoms with Gasteiger partial charge >= 0.3 is 0 Å². The third-order valence-corrected chi connectivity index (χ3v) is 3.19. The van der Waals surface area contributed by atoms with E-state index in [-0.39, 0.29) is 5.91 Å². The van der Waals surface area contributed by atoms with Crippen LogP contribution in [0.2, 0.25) is 0 Å². The first kappa shape index (κ1) is 11.3. The fraction of sp³-hybridized carbons (Fsp3) is 0.0909. The number of nitrogens with zero attached hydrogens (tertiary/aromatic N) is 1. The predicted molar refractivity (Wildman–Crippen MR) is 68.9 cm³/mol. The van der Waals surface area contributed by atoms with Crippen LogP contribution in [0.5, 0.6) is 0 Å². The highest BCUT2D eigenvalue weighted by Gasteiger charge is 2.09. The monoisotopic (exact) mass is 296 g/mol. The molecule has 0 saturated heterocycles. The van der Waals surface area contributed by atoms with Crippen molar-refractivity contribution < 1.29 is 4.79 Å². The van der Waals surface area contributed by atoms with Gasteiger partial charge in [-0.25, -0.2) is 4.98 Å². The zero-order chi connectivity index (χ0) is 11.5. The Balaban J connectivity index is 2.21. The van der Waals surface area contributed by atoms with Crippen molar-refractivity contribution >= 4 is 38.9 Å². The Morgan fingerprint density at radius 1 is 1.50 bits per heavy atom. The smallest absolute Gasteiger partial charge is 0.275 e. The molecule has 0 spiro atoms. The summed E-state index contributed by atoms with van der Waals surface area (Å²) in [6.45, 7) is 1.95. The molecule has 1 N–H and O–H groups in total. The lowest BCUT2D eigenvalue weighted by Crippen LogP contribution is -2.12. The Hall–Kier alpha value is -1.20. The Kier molecular flexibility index (Phi) is 3.36. The largest absolute Gasteiger partial charge is 0.320 e. The standard InChI is InChI=1S/C11H9BrN2OS/c1-7-2-3-8(12)4-9(7)14-11(15)10-5-16-6-13-10/h2-6H,1H3,(H,14,15). The Labute approximate surface area is 106 Å². The average molecular weight is 297 g/mol. The molecule has 1 aromatic heterocycles. The first-order valence-corrected chi connectivity index (χ1v) is 6.36. The summed E-state index contributed by atoms with van der Waals surface area (Å²) in [4.78, 5) is 15.7. The maximum atomic E-state index is 11.8. The van der Waals surface area contributed by atoms with E-state index in [0.717, 1.165) is 15.7 Å². The van der Waals surface area contributed by atoms with Crippen molar-refractivity contribution in [1.29, 1.82) is 0 Å². The number of nitrogens with one attached hydrogen (secondary N) is 1. The number of carbonyl (C=O) groups is 1. The molecule has 5 heteroatoms. The van der Waals surface area contributed by atoms with E-state index in [1.165, 1.54) is 11.3 Å². The number of benzene rings is 1. The summed E-state index contributed by atoms with van der Waals surface area (Å²) in [6, 6.07) is 5.76. The van der Waals surface area contributed by atoms with Gasteiger partial charge < -0.3 is 5.32 Å². The molecule has 0 aliphatic rings. The van der Waals surface area contributed by atoms with Crippen LogP contribution in [-0.4, -0.2) is 10.9 Å². The molecule has 0 unspecified atom stereocenters. The lowest BCUT2D eigenvalue weighted by Gasteiger charge is -2.07. The minimum absolute atomic E-state index is 0.178. The Bertz CT molecular complexity index is 511. The maximum absolute atomic E-state index is 11.8. The molecule has 1 amide bonds. The fourth-order valence-electron chi connectivity index (χ4n) is 1.24. The van der Waals surface area contributed by atoms with Gasteiger partial charge in [0.25, 0.3) is 5.91 Å². The molecule has 0 bridgehead atoms. The van der Waals surface area contributed by atoms with Gasteiger partial charge in [0, 0.05) is 15.5 Å². The highest BCUT2D eigenvalue weighted by atomic mass is 79.9. The van der Waals surface area contributed by atoms with E-state index in [4.69, 9.17) is 0 Å². The number of aromatic nitrogens is 1. The molecule has 2 rings (SSSR count). The van der Waals surface area contributed by atoms with Crippen molar-refractivity contribution in [3.05, 3.63) is 44.8 Å². The van der Waals surface area contributed by atoms with Crippen molar-refractivity contribution in [2.75, 3.05) is 5.32 Å². The van der Waals surface area contributed by atoms with Crippen molar-refractivity contribution in [1.82, 2.24) is 4.98 Å². The van der Waals surface area contributed by atoms with Gasteiger partial charge in [-0.3, -0.25) is 4.79 Å². The van der Waals surface area contributed by atoms with E-state index in [2.05, 4.69) is 26.2 Å². The van der Waals surface area contributed by atoms with Gasteiger partial charge in [0.1, 0.15) is 5.69 Å². The Morgan fingerprint density at radius 2 is 2.31 bits per heavy atom. The van der Waals surface area contributed by atoms with E-state index in [0.29, 0.717) is 5.69 Å². The van der Waals surface area contributed by atoms with Crippen molar-refractivity contribution in [2.24, 2.45) is 0 Å². The number of hydrogen-bond acceptors (Lipinski definition) is 3. The molecular weight excluding hydrogens is 288 g/mol. The number of anilines is 1. The van der Waals surface area contributed by atoms with E-state index >= 15 is 0 Å². The number of thiazole rings is 1. The molecule has 0 aliphatic carbocycles. The molecule has 0 radical (unpaired) electrons. The van der Waals surface area contributed by atoms with Gasteiger partial charge in [-0.2, -0.15) is 0 Å². The number of hydrogen-bond donors (Lipinski definition) is 1. The quantitative estimate of drug-likeness (QED) is 0.922. The second-order valence-corrected chi connectivity index (χ2v) is 4.92.